The minimum atomic E-state index is -0.566. The molecule has 3 heterocycles. The van der Waals surface area contributed by atoms with E-state index >= 15 is 0 Å². The Morgan fingerprint density at radius 1 is 1.13 bits per heavy atom. The van der Waals surface area contributed by atoms with Crippen molar-refractivity contribution in [3.63, 3.8) is 0 Å². The molecule has 150 valence electrons. The molecule has 0 unspecified atom stereocenters. The smallest absolute Gasteiger partial charge is 0.252 e. The van der Waals surface area contributed by atoms with Crippen LogP contribution in [-0.4, -0.2) is 27.6 Å². The molecule has 1 aliphatic rings. The standard InChI is InChI=1S/C22H20N6O2/c23-20(29)15-9-4-8-14-17(28-30-19(14)15)22-26-16-10-5-11-24-18(16)21(27-22)25-12-13-6-2-1-3-7-13/h1-4,6-9,24H,5,10-12H2,(H2,23,29)(H,25,26,27). The Labute approximate surface area is 172 Å². The summed E-state index contributed by atoms with van der Waals surface area (Å²) in [5, 5.41) is 11.6. The molecule has 5 rings (SSSR count). The lowest BCUT2D eigenvalue weighted by Gasteiger charge is -2.21. The first-order chi connectivity index (χ1) is 14.7. The predicted molar refractivity (Wildman–Crippen MR) is 114 cm³/mol. The Hall–Kier alpha value is -3.94. The highest BCUT2D eigenvalue weighted by molar-refractivity contribution is 6.06. The number of nitrogens with zero attached hydrogens (tertiary/aromatic N) is 3. The molecule has 0 saturated carbocycles. The number of hydrogen-bond donors (Lipinski definition) is 3. The molecular weight excluding hydrogens is 380 g/mol. The van der Waals surface area contributed by atoms with Gasteiger partial charge in [-0.15, -0.1) is 0 Å². The van der Waals surface area contributed by atoms with Gasteiger partial charge in [0, 0.05) is 13.1 Å². The number of aromatic nitrogens is 3. The molecular formula is C22H20N6O2. The lowest BCUT2D eigenvalue weighted by Crippen LogP contribution is -2.17. The van der Waals surface area contributed by atoms with Crippen molar-refractivity contribution in [2.45, 2.75) is 19.4 Å². The van der Waals surface area contributed by atoms with Crippen LogP contribution in [0, 0.1) is 0 Å². The molecule has 1 amide bonds. The number of para-hydroxylation sites is 1. The van der Waals surface area contributed by atoms with E-state index < -0.39 is 5.91 Å². The number of nitrogens with one attached hydrogen (secondary N) is 2. The molecule has 4 aromatic rings. The van der Waals surface area contributed by atoms with Gasteiger partial charge in [-0.2, -0.15) is 0 Å². The molecule has 8 heteroatoms. The SMILES string of the molecule is NC(=O)c1cccc2c(-c3nc4c(c(NCc5ccccc5)n3)NCCC4)noc12. The van der Waals surface area contributed by atoms with E-state index in [2.05, 4.69) is 27.9 Å². The highest BCUT2D eigenvalue weighted by Gasteiger charge is 2.22. The number of primary amides is 1. The largest absolute Gasteiger partial charge is 0.381 e. The van der Waals surface area contributed by atoms with E-state index in [1.165, 1.54) is 0 Å². The quantitative estimate of drug-likeness (QED) is 0.470. The third-order valence-electron chi connectivity index (χ3n) is 5.15. The van der Waals surface area contributed by atoms with Crippen molar-refractivity contribution >= 4 is 28.4 Å². The highest BCUT2D eigenvalue weighted by atomic mass is 16.5. The van der Waals surface area contributed by atoms with E-state index in [0.29, 0.717) is 29.0 Å². The van der Waals surface area contributed by atoms with E-state index in [1.807, 2.05) is 24.3 Å². The number of carbonyl (C=O) groups excluding carboxylic acids is 1. The summed E-state index contributed by atoms with van der Waals surface area (Å²) in [7, 11) is 0. The molecule has 0 fully saturated rings. The van der Waals surface area contributed by atoms with Crippen LogP contribution in [0.3, 0.4) is 0 Å². The fourth-order valence-corrected chi connectivity index (χ4v) is 3.68. The van der Waals surface area contributed by atoms with Crippen LogP contribution in [0.1, 0.15) is 28.0 Å². The normalized spacial score (nSPS) is 12.9. The van der Waals surface area contributed by atoms with Gasteiger partial charge in [0.2, 0.25) is 0 Å². The zero-order valence-electron chi connectivity index (χ0n) is 16.2. The number of amides is 1. The number of fused-ring (bicyclic) bond motifs is 2. The summed E-state index contributed by atoms with van der Waals surface area (Å²) in [5.74, 6) is 0.609. The first-order valence-corrected chi connectivity index (χ1v) is 9.82. The molecule has 0 atom stereocenters. The first kappa shape index (κ1) is 18.1. The maximum absolute atomic E-state index is 11.7. The van der Waals surface area contributed by atoms with E-state index in [-0.39, 0.29) is 5.56 Å². The molecule has 0 radical (unpaired) electrons. The van der Waals surface area contributed by atoms with Gasteiger partial charge in [0.1, 0.15) is 0 Å². The molecule has 2 aromatic carbocycles. The number of carbonyl (C=O) groups is 1. The minimum Gasteiger partial charge on any atom is -0.381 e. The van der Waals surface area contributed by atoms with Crippen molar-refractivity contribution in [2.75, 3.05) is 17.2 Å². The zero-order valence-corrected chi connectivity index (χ0v) is 16.2. The summed E-state index contributed by atoms with van der Waals surface area (Å²) in [4.78, 5) is 21.2. The lowest BCUT2D eigenvalue weighted by molar-refractivity contribution is 0.100. The van der Waals surface area contributed by atoms with E-state index in [1.54, 1.807) is 12.1 Å². The summed E-state index contributed by atoms with van der Waals surface area (Å²) >= 11 is 0. The number of rotatable bonds is 5. The van der Waals surface area contributed by atoms with Crippen molar-refractivity contribution in [1.82, 2.24) is 15.1 Å². The summed E-state index contributed by atoms with van der Waals surface area (Å²) in [6.07, 6.45) is 1.84. The third-order valence-corrected chi connectivity index (χ3v) is 5.15. The van der Waals surface area contributed by atoms with Crippen molar-refractivity contribution in [3.05, 3.63) is 65.4 Å². The molecule has 1 aliphatic heterocycles. The average Bonchev–Trinajstić information content (AvgIpc) is 3.22. The molecule has 4 N–H and O–H groups in total. The van der Waals surface area contributed by atoms with Gasteiger partial charge in [0.05, 0.1) is 22.3 Å². The molecule has 30 heavy (non-hydrogen) atoms. The number of hydrogen-bond acceptors (Lipinski definition) is 7. The van der Waals surface area contributed by atoms with Gasteiger partial charge in [-0.3, -0.25) is 4.79 Å². The van der Waals surface area contributed by atoms with Crippen molar-refractivity contribution in [2.24, 2.45) is 5.73 Å². The second-order valence-corrected chi connectivity index (χ2v) is 7.16. The van der Waals surface area contributed by atoms with Crippen LogP contribution in [0.25, 0.3) is 22.5 Å². The van der Waals surface area contributed by atoms with Crippen LogP contribution in [0.2, 0.25) is 0 Å². The predicted octanol–water partition coefficient (Wildman–Crippen LogP) is 3.35. The highest BCUT2D eigenvalue weighted by Crippen LogP contribution is 2.33. The topological polar surface area (TPSA) is 119 Å². The van der Waals surface area contributed by atoms with Crippen molar-refractivity contribution in [3.8, 4) is 11.5 Å². The fourth-order valence-electron chi connectivity index (χ4n) is 3.68. The maximum Gasteiger partial charge on any atom is 0.252 e. The van der Waals surface area contributed by atoms with Crippen LogP contribution in [0.15, 0.2) is 53.1 Å². The molecule has 0 bridgehead atoms. The Morgan fingerprint density at radius 2 is 2.00 bits per heavy atom. The average molecular weight is 400 g/mol. The van der Waals surface area contributed by atoms with E-state index in [0.717, 1.165) is 42.1 Å². The van der Waals surface area contributed by atoms with Crippen molar-refractivity contribution < 1.29 is 9.32 Å². The van der Waals surface area contributed by atoms with E-state index in [9.17, 15) is 4.79 Å². The van der Waals surface area contributed by atoms with Gasteiger partial charge in [-0.05, 0) is 30.5 Å². The number of anilines is 2. The summed E-state index contributed by atoms with van der Waals surface area (Å²) in [6.45, 7) is 1.52. The van der Waals surface area contributed by atoms with Crippen LogP contribution in [-0.2, 0) is 13.0 Å². The number of aryl methyl sites for hydroxylation is 1. The van der Waals surface area contributed by atoms with Crippen LogP contribution in [0.5, 0.6) is 0 Å². The molecule has 0 aliphatic carbocycles. The number of benzene rings is 2. The van der Waals surface area contributed by atoms with Gasteiger partial charge < -0.3 is 20.9 Å². The Bertz CT molecular complexity index is 1240. The molecule has 2 aromatic heterocycles. The van der Waals surface area contributed by atoms with E-state index in [4.69, 9.17) is 20.2 Å². The maximum atomic E-state index is 11.7. The number of nitrogens with two attached hydrogens (primary N) is 1. The van der Waals surface area contributed by atoms with Crippen LogP contribution >= 0.6 is 0 Å². The van der Waals surface area contributed by atoms with Gasteiger partial charge in [-0.25, -0.2) is 9.97 Å². The third kappa shape index (κ3) is 3.22. The Morgan fingerprint density at radius 3 is 2.83 bits per heavy atom. The van der Waals surface area contributed by atoms with Gasteiger partial charge in [0.15, 0.2) is 22.9 Å². The summed E-state index contributed by atoms with van der Waals surface area (Å²) < 4.78 is 5.44. The summed E-state index contributed by atoms with van der Waals surface area (Å²) in [5.41, 5.74) is 9.59. The Balaban J connectivity index is 1.58. The molecule has 0 saturated heterocycles. The van der Waals surface area contributed by atoms with Gasteiger partial charge >= 0.3 is 0 Å². The monoisotopic (exact) mass is 400 g/mol. The Kier molecular flexibility index (Phi) is 4.51. The fraction of sp³-hybridized carbons (Fsp3) is 0.182. The van der Waals surface area contributed by atoms with Crippen molar-refractivity contribution in [1.29, 1.82) is 0 Å². The molecule has 0 spiro atoms. The van der Waals surface area contributed by atoms with Crippen LogP contribution in [0.4, 0.5) is 11.5 Å². The second-order valence-electron chi connectivity index (χ2n) is 7.16. The second kappa shape index (κ2) is 7.47. The van der Waals surface area contributed by atoms with Gasteiger partial charge in [0.25, 0.3) is 5.91 Å². The summed E-state index contributed by atoms with van der Waals surface area (Å²) in [6, 6.07) is 15.3. The zero-order chi connectivity index (χ0) is 20.5. The molecule has 8 nitrogen and oxygen atoms in total. The van der Waals surface area contributed by atoms with Crippen LogP contribution < -0.4 is 16.4 Å². The first-order valence-electron chi connectivity index (χ1n) is 9.82. The van der Waals surface area contributed by atoms with Gasteiger partial charge in [-0.1, -0.05) is 41.6 Å². The lowest BCUT2D eigenvalue weighted by atomic mass is 10.1. The minimum absolute atomic E-state index is 0.285.